The molecule has 4 rings (SSSR count). The van der Waals surface area contributed by atoms with Gasteiger partial charge in [0.2, 0.25) is 0 Å². The number of anilines is 1. The summed E-state index contributed by atoms with van der Waals surface area (Å²) in [6.07, 6.45) is 3.30. The van der Waals surface area contributed by atoms with Gasteiger partial charge in [0.15, 0.2) is 9.84 Å². The number of hydrogen-bond donors (Lipinski definition) is 1. The van der Waals surface area contributed by atoms with Gasteiger partial charge in [-0.05, 0) is 61.4 Å². The van der Waals surface area contributed by atoms with Crippen LogP contribution < -0.4 is 5.32 Å². The van der Waals surface area contributed by atoms with Gasteiger partial charge in [-0.15, -0.1) is 0 Å². The first-order chi connectivity index (χ1) is 13.4. The molecule has 1 fully saturated rings. The maximum absolute atomic E-state index is 12.8. The van der Waals surface area contributed by atoms with Crippen LogP contribution in [0.4, 0.5) is 5.69 Å². The molecule has 0 spiro atoms. The molecule has 1 aliphatic carbocycles. The van der Waals surface area contributed by atoms with E-state index in [1.165, 1.54) is 6.07 Å². The van der Waals surface area contributed by atoms with Gasteiger partial charge < -0.3 is 5.32 Å². The van der Waals surface area contributed by atoms with Crippen LogP contribution in [0.15, 0.2) is 59.5 Å². The molecule has 0 radical (unpaired) electrons. The monoisotopic (exact) mass is 414 g/mol. The van der Waals surface area contributed by atoms with E-state index in [9.17, 15) is 13.2 Å². The van der Waals surface area contributed by atoms with Crippen LogP contribution in [-0.2, 0) is 9.84 Å². The number of pyridine rings is 1. The molecule has 0 atom stereocenters. The minimum Gasteiger partial charge on any atom is -0.322 e. The van der Waals surface area contributed by atoms with Crippen molar-refractivity contribution in [3.05, 3.63) is 65.3 Å². The summed E-state index contributed by atoms with van der Waals surface area (Å²) in [5, 5.41) is 3.66. The van der Waals surface area contributed by atoms with E-state index < -0.39 is 9.84 Å². The molecule has 0 saturated heterocycles. The Morgan fingerprint density at radius 2 is 1.82 bits per heavy atom. The van der Waals surface area contributed by atoms with Gasteiger partial charge in [-0.2, -0.15) is 0 Å². The van der Waals surface area contributed by atoms with E-state index in [0.717, 1.165) is 18.2 Å². The third kappa shape index (κ3) is 3.75. The van der Waals surface area contributed by atoms with E-state index in [-0.39, 0.29) is 16.1 Å². The van der Waals surface area contributed by atoms with Gasteiger partial charge in [0.1, 0.15) is 5.15 Å². The smallest absolute Gasteiger partial charge is 0.255 e. The number of aromatic nitrogens is 1. The van der Waals surface area contributed by atoms with Crippen molar-refractivity contribution in [1.29, 1.82) is 0 Å². The Balaban J connectivity index is 1.57. The van der Waals surface area contributed by atoms with Crippen LogP contribution in [0.3, 0.4) is 0 Å². The van der Waals surface area contributed by atoms with Gasteiger partial charge in [0, 0.05) is 16.6 Å². The minimum absolute atomic E-state index is 0.259. The van der Waals surface area contributed by atoms with Gasteiger partial charge in [0.25, 0.3) is 5.91 Å². The number of rotatable bonds is 4. The van der Waals surface area contributed by atoms with Crippen molar-refractivity contribution >= 4 is 43.9 Å². The van der Waals surface area contributed by atoms with Crippen LogP contribution in [0.25, 0.3) is 10.9 Å². The molecule has 144 valence electrons. The average molecular weight is 415 g/mol. The summed E-state index contributed by atoms with van der Waals surface area (Å²) in [4.78, 5) is 17.1. The zero-order valence-corrected chi connectivity index (χ0v) is 16.6. The van der Waals surface area contributed by atoms with Crippen LogP contribution in [0, 0.1) is 0 Å². The highest BCUT2D eigenvalue weighted by Crippen LogP contribution is 2.30. The predicted molar refractivity (Wildman–Crippen MR) is 111 cm³/mol. The summed E-state index contributed by atoms with van der Waals surface area (Å²) in [7, 11) is -3.37. The zero-order valence-electron chi connectivity index (χ0n) is 15.1. The van der Waals surface area contributed by atoms with E-state index in [1.54, 1.807) is 48.5 Å². The molecular weight excluding hydrogens is 396 g/mol. The highest BCUT2D eigenvalue weighted by molar-refractivity contribution is 7.92. The van der Waals surface area contributed by atoms with Crippen LogP contribution in [-0.4, -0.2) is 24.6 Å². The Morgan fingerprint density at radius 3 is 2.61 bits per heavy atom. The second-order valence-corrected chi connectivity index (χ2v) is 9.59. The standard InChI is InChI=1S/C21H19ClN2O3S/c22-20-11-9-14-12-15(8-10-19(14)24-20)21(25)23-16-4-3-7-18(13-16)28(26,27)17-5-1-2-6-17/h3-4,7-13,17H,1-2,5-6H2,(H,23,25). The molecule has 1 N–H and O–H groups in total. The third-order valence-electron chi connectivity index (χ3n) is 5.08. The molecule has 0 aliphatic heterocycles. The number of halogens is 1. The lowest BCUT2D eigenvalue weighted by Gasteiger charge is -2.13. The van der Waals surface area contributed by atoms with Crippen LogP contribution in [0.5, 0.6) is 0 Å². The number of carbonyl (C=O) groups excluding carboxylic acids is 1. The van der Waals surface area contributed by atoms with Gasteiger partial charge >= 0.3 is 0 Å². The molecule has 3 aromatic rings. The van der Waals surface area contributed by atoms with Gasteiger partial charge in [0.05, 0.1) is 15.7 Å². The number of sulfone groups is 1. The third-order valence-corrected chi connectivity index (χ3v) is 7.55. The lowest BCUT2D eigenvalue weighted by molar-refractivity contribution is 0.102. The lowest BCUT2D eigenvalue weighted by Crippen LogP contribution is -2.18. The van der Waals surface area contributed by atoms with Gasteiger partial charge in [-0.25, -0.2) is 13.4 Å². The Labute approximate surface area is 168 Å². The van der Waals surface area contributed by atoms with E-state index in [4.69, 9.17) is 11.6 Å². The summed E-state index contributed by atoms with van der Waals surface area (Å²) in [5.41, 5.74) is 1.62. The largest absolute Gasteiger partial charge is 0.322 e. The van der Waals surface area contributed by atoms with Crippen molar-refractivity contribution in [2.75, 3.05) is 5.32 Å². The highest BCUT2D eigenvalue weighted by Gasteiger charge is 2.30. The molecule has 2 aromatic carbocycles. The Hall–Kier alpha value is -2.44. The fraction of sp³-hybridized carbons (Fsp3) is 0.238. The fourth-order valence-electron chi connectivity index (χ4n) is 3.59. The Kier molecular flexibility index (Phi) is 5.08. The molecule has 1 aliphatic rings. The number of hydrogen-bond acceptors (Lipinski definition) is 4. The molecule has 0 unspecified atom stereocenters. The summed E-state index contributed by atoms with van der Waals surface area (Å²) in [6, 6.07) is 15.1. The first-order valence-corrected chi connectivity index (χ1v) is 11.1. The average Bonchev–Trinajstić information content (AvgIpc) is 3.23. The van der Waals surface area contributed by atoms with Gasteiger partial charge in [-0.3, -0.25) is 4.79 Å². The maximum Gasteiger partial charge on any atom is 0.255 e. The molecule has 0 bridgehead atoms. The fourth-order valence-corrected chi connectivity index (χ4v) is 5.64. The number of fused-ring (bicyclic) bond motifs is 1. The number of nitrogens with one attached hydrogen (secondary N) is 1. The normalized spacial score (nSPS) is 15.0. The van der Waals surface area contributed by atoms with Crippen molar-refractivity contribution in [1.82, 2.24) is 4.98 Å². The Bertz CT molecular complexity index is 1160. The number of carbonyl (C=O) groups is 1. The summed E-state index contributed by atoms with van der Waals surface area (Å²) < 4.78 is 25.6. The predicted octanol–water partition coefficient (Wildman–Crippen LogP) is 4.86. The molecule has 1 amide bonds. The quantitative estimate of drug-likeness (QED) is 0.618. The zero-order chi connectivity index (χ0) is 19.7. The van der Waals surface area contributed by atoms with Crippen molar-refractivity contribution in [3.8, 4) is 0 Å². The van der Waals surface area contributed by atoms with Crippen molar-refractivity contribution in [2.24, 2.45) is 0 Å². The molecular formula is C21H19ClN2O3S. The van der Waals surface area contributed by atoms with Crippen molar-refractivity contribution in [3.63, 3.8) is 0 Å². The summed E-state index contributed by atoms with van der Waals surface area (Å²) >= 11 is 5.89. The topological polar surface area (TPSA) is 76.1 Å². The van der Waals surface area contributed by atoms with Gasteiger partial charge in [-0.1, -0.05) is 30.5 Å². The lowest BCUT2D eigenvalue weighted by atomic mass is 10.1. The van der Waals surface area contributed by atoms with Crippen molar-refractivity contribution < 1.29 is 13.2 Å². The van der Waals surface area contributed by atoms with E-state index >= 15 is 0 Å². The van der Waals surface area contributed by atoms with E-state index in [0.29, 0.717) is 34.8 Å². The molecule has 7 heteroatoms. The highest BCUT2D eigenvalue weighted by atomic mass is 35.5. The minimum atomic E-state index is -3.37. The van der Waals surface area contributed by atoms with Crippen molar-refractivity contribution in [2.45, 2.75) is 35.8 Å². The molecule has 5 nitrogen and oxygen atoms in total. The number of nitrogens with zero attached hydrogens (tertiary/aromatic N) is 1. The maximum atomic E-state index is 12.8. The second kappa shape index (κ2) is 7.53. The van der Waals surface area contributed by atoms with Crippen LogP contribution >= 0.6 is 11.6 Å². The van der Waals surface area contributed by atoms with Crippen LogP contribution in [0.1, 0.15) is 36.0 Å². The molecule has 1 heterocycles. The summed E-state index contributed by atoms with van der Waals surface area (Å²) in [6.45, 7) is 0. The Morgan fingerprint density at radius 1 is 1.04 bits per heavy atom. The number of benzene rings is 2. The summed E-state index contributed by atoms with van der Waals surface area (Å²) in [5.74, 6) is -0.313. The molecule has 1 aromatic heterocycles. The molecule has 1 saturated carbocycles. The molecule has 28 heavy (non-hydrogen) atoms. The van der Waals surface area contributed by atoms with Crippen LogP contribution in [0.2, 0.25) is 5.15 Å². The first-order valence-electron chi connectivity index (χ1n) is 9.15. The van der Waals surface area contributed by atoms with E-state index in [1.807, 2.05) is 0 Å². The second-order valence-electron chi connectivity index (χ2n) is 6.97. The first kappa shape index (κ1) is 18.9. The van der Waals surface area contributed by atoms with E-state index in [2.05, 4.69) is 10.3 Å². The SMILES string of the molecule is O=C(Nc1cccc(S(=O)(=O)C2CCCC2)c1)c1ccc2nc(Cl)ccc2c1. The number of amides is 1.